The second-order valence-electron chi connectivity index (χ2n) is 10.1. The van der Waals surface area contributed by atoms with Crippen molar-refractivity contribution in [1.29, 1.82) is 0 Å². The third-order valence-electron chi connectivity index (χ3n) is 4.65. The average Bonchev–Trinajstić information content (AvgIpc) is 2.44. The highest BCUT2D eigenvalue weighted by atomic mass is 16.3. The van der Waals surface area contributed by atoms with Crippen molar-refractivity contribution in [1.82, 2.24) is 0 Å². The molecule has 0 aliphatic rings. The van der Waals surface area contributed by atoms with Gasteiger partial charge in [0, 0.05) is 0 Å². The fourth-order valence-corrected chi connectivity index (χ4v) is 3.31. The lowest BCUT2D eigenvalue weighted by atomic mass is 9.73. The maximum absolute atomic E-state index is 10.4. The normalized spacial score (nSPS) is 13.2. The third kappa shape index (κ3) is 4.08. The van der Waals surface area contributed by atoms with Crippen LogP contribution >= 0.6 is 0 Å². The largest absolute Gasteiger partial charge is 0.508 e. The Morgan fingerprint density at radius 1 is 0.720 bits per heavy atom. The van der Waals surface area contributed by atoms with Crippen LogP contribution in [0.3, 0.4) is 0 Å². The van der Waals surface area contributed by atoms with E-state index in [1.807, 2.05) is 12.1 Å². The first-order valence-corrected chi connectivity index (χ1v) is 9.12. The molecule has 1 heteroatoms. The molecule has 1 N–H and O–H groups in total. The topological polar surface area (TPSA) is 20.2 Å². The molecule has 0 amide bonds. The number of benzene rings is 2. The van der Waals surface area contributed by atoms with Crippen LogP contribution in [0.5, 0.6) is 5.75 Å². The van der Waals surface area contributed by atoms with Gasteiger partial charge >= 0.3 is 0 Å². The molecule has 0 unspecified atom stereocenters. The zero-order chi connectivity index (χ0) is 19.2. The highest BCUT2D eigenvalue weighted by molar-refractivity contribution is 5.75. The zero-order valence-electron chi connectivity index (χ0n) is 17.3. The first kappa shape index (κ1) is 19.6. The van der Waals surface area contributed by atoms with Crippen LogP contribution in [0.1, 0.15) is 79.0 Å². The highest BCUT2D eigenvalue weighted by Crippen LogP contribution is 2.42. The molecule has 0 saturated heterocycles. The van der Waals surface area contributed by atoms with Crippen molar-refractivity contribution in [3.63, 3.8) is 0 Å². The molecule has 25 heavy (non-hydrogen) atoms. The fourth-order valence-electron chi connectivity index (χ4n) is 3.31. The number of aromatic hydroxyl groups is 1. The number of phenols is 1. The standard InChI is InChI=1S/C24H33O/c1-22(2,3)17-11-10-12-18(23(4,5)6)21(17)16-13-14-20(25)19(15-16)24(7,8)9/h10-11,13-15,25H,1-9H3. The molecule has 0 aromatic heterocycles. The summed E-state index contributed by atoms with van der Waals surface area (Å²) in [4.78, 5) is 0. The van der Waals surface area contributed by atoms with Crippen LogP contribution in [0.15, 0.2) is 30.3 Å². The smallest absolute Gasteiger partial charge is 0.119 e. The first-order valence-electron chi connectivity index (χ1n) is 9.12. The zero-order valence-corrected chi connectivity index (χ0v) is 17.3. The quantitative estimate of drug-likeness (QED) is 0.610. The van der Waals surface area contributed by atoms with Crippen LogP contribution in [-0.4, -0.2) is 5.11 Å². The van der Waals surface area contributed by atoms with E-state index >= 15 is 0 Å². The lowest BCUT2D eigenvalue weighted by Gasteiger charge is -2.31. The molecular weight excluding hydrogens is 304 g/mol. The number of rotatable bonds is 1. The highest BCUT2D eigenvalue weighted by Gasteiger charge is 2.27. The Kier molecular flexibility index (Phi) is 4.85. The van der Waals surface area contributed by atoms with Gasteiger partial charge in [-0.05, 0) is 62.3 Å². The lowest BCUT2D eigenvalue weighted by Crippen LogP contribution is -2.19. The maximum atomic E-state index is 10.4. The van der Waals surface area contributed by atoms with E-state index < -0.39 is 0 Å². The van der Waals surface area contributed by atoms with Crippen LogP contribution in [0.25, 0.3) is 11.1 Å². The molecule has 0 aliphatic heterocycles. The minimum atomic E-state index is -0.109. The predicted molar refractivity (Wildman–Crippen MR) is 108 cm³/mol. The van der Waals surface area contributed by atoms with Crippen LogP contribution < -0.4 is 0 Å². The van der Waals surface area contributed by atoms with E-state index in [0.717, 1.165) is 11.1 Å². The molecule has 0 heterocycles. The maximum Gasteiger partial charge on any atom is 0.119 e. The van der Waals surface area contributed by atoms with Crippen molar-refractivity contribution < 1.29 is 5.11 Å². The molecule has 0 atom stereocenters. The molecule has 135 valence electrons. The Morgan fingerprint density at radius 3 is 1.76 bits per heavy atom. The van der Waals surface area contributed by atoms with Crippen LogP contribution in [0.2, 0.25) is 0 Å². The Labute approximate surface area is 154 Å². The van der Waals surface area contributed by atoms with Gasteiger partial charge in [0.2, 0.25) is 0 Å². The summed E-state index contributed by atoms with van der Waals surface area (Å²) in [5.74, 6) is 0.366. The van der Waals surface area contributed by atoms with Gasteiger partial charge in [-0.25, -0.2) is 0 Å². The molecule has 1 radical (unpaired) electrons. The number of phenolic OH excluding ortho intramolecular Hbond substituents is 1. The summed E-state index contributed by atoms with van der Waals surface area (Å²) in [6, 6.07) is 13.8. The number of hydrogen-bond donors (Lipinski definition) is 1. The Hall–Kier alpha value is -1.76. The Balaban J connectivity index is 2.87. The second-order valence-corrected chi connectivity index (χ2v) is 10.1. The molecule has 0 spiro atoms. The summed E-state index contributed by atoms with van der Waals surface area (Å²) in [5.41, 5.74) is 5.87. The van der Waals surface area contributed by atoms with E-state index in [0.29, 0.717) is 5.75 Å². The van der Waals surface area contributed by atoms with Crippen LogP contribution in [0, 0.1) is 6.07 Å². The van der Waals surface area contributed by atoms with E-state index in [1.165, 1.54) is 16.7 Å². The lowest BCUT2D eigenvalue weighted by molar-refractivity contribution is 0.447. The summed E-state index contributed by atoms with van der Waals surface area (Å²) in [7, 11) is 0. The van der Waals surface area contributed by atoms with Crippen molar-refractivity contribution in [2.24, 2.45) is 0 Å². The summed E-state index contributed by atoms with van der Waals surface area (Å²) < 4.78 is 0. The Bertz CT molecular complexity index is 730. The van der Waals surface area contributed by atoms with E-state index in [1.54, 1.807) is 0 Å². The Morgan fingerprint density at radius 2 is 1.28 bits per heavy atom. The number of hydrogen-bond acceptors (Lipinski definition) is 1. The molecule has 1 nitrogen and oxygen atoms in total. The molecule has 2 aromatic rings. The average molecular weight is 338 g/mol. The second kappa shape index (κ2) is 6.20. The van der Waals surface area contributed by atoms with Gasteiger partial charge in [0.1, 0.15) is 5.75 Å². The summed E-state index contributed by atoms with van der Waals surface area (Å²) in [6.45, 7) is 19.9. The van der Waals surface area contributed by atoms with Gasteiger partial charge in [-0.15, -0.1) is 0 Å². The van der Waals surface area contributed by atoms with Gasteiger partial charge in [-0.2, -0.15) is 0 Å². The minimum absolute atomic E-state index is 0.00360. The molecule has 2 aromatic carbocycles. The van der Waals surface area contributed by atoms with Crippen LogP contribution in [-0.2, 0) is 16.2 Å². The SMILES string of the molecule is CC(C)(C)c1[c]ccc(C(C)(C)C)c1-c1ccc(O)c(C(C)(C)C)c1. The fraction of sp³-hybridized carbons (Fsp3) is 0.500. The van der Waals surface area contributed by atoms with E-state index in [2.05, 4.69) is 86.6 Å². The van der Waals surface area contributed by atoms with E-state index in [-0.39, 0.29) is 16.2 Å². The monoisotopic (exact) mass is 337 g/mol. The van der Waals surface area contributed by atoms with Crippen molar-refractivity contribution in [2.75, 3.05) is 0 Å². The molecule has 0 bridgehead atoms. The summed E-state index contributed by atoms with van der Waals surface area (Å²) >= 11 is 0. The van der Waals surface area contributed by atoms with Gasteiger partial charge in [-0.1, -0.05) is 80.5 Å². The molecule has 0 fully saturated rings. The van der Waals surface area contributed by atoms with Gasteiger partial charge in [0.05, 0.1) is 0 Å². The molecule has 0 aliphatic carbocycles. The van der Waals surface area contributed by atoms with Gasteiger partial charge in [0.15, 0.2) is 0 Å². The van der Waals surface area contributed by atoms with Crippen molar-refractivity contribution in [3.05, 3.63) is 53.1 Å². The van der Waals surface area contributed by atoms with E-state index in [4.69, 9.17) is 0 Å². The molecular formula is C24H33O. The predicted octanol–water partition coefficient (Wildman–Crippen LogP) is 6.75. The van der Waals surface area contributed by atoms with Gasteiger partial charge in [0.25, 0.3) is 0 Å². The summed E-state index contributed by atoms with van der Waals surface area (Å²) in [6.07, 6.45) is 0. The van der Waals surface area contributed by atoms with Gasteiger partial charge < -0.3 is 5.11 Å². The van der Waals surface area contributed by atoms with Gasteiger partial charge in [-0.3, -0.25) is 0 Å². The third-order valence-corrected chi connectivity index (χ3v) is 4.65. The molecule has 0 saturated carbocycles. The first-order chi connectivity index (χ1) is 11.2. The van der Waals surface area contributed by atoms with Crippen molar-refractivity contribution >= 4 is 0 Å². The van der Waals surface area contributed by atoms with Crippen LogP contribution in [0.4, 0.5) is 0 Å². The van der Waals surface area contributed by atoms with Crippen molar-refractivity contribution in [3.8, 4) is 16.9 Å². The van der Waals surface area contributed by atoms with Crippen molar-refractivity contribution in [2.45, 2.75) is 78.6 Å². The summed E-state index contributed by atoms with van der Waals surface area (Å²) in [5, 5.41) is 10.4. The van der Waals surface area contributed by atoms with E-state index in [9.17, 15) is 5.11 Å². The minimum Gasteiger partial charge on any atom is -0.508 e. The molecule has 2 rings (SSSR count).